The number of nitrogens with zero attached hydrogens (tertiary/aromatic N) is 1. The highest BCUT2D eigenvalue weighted by molar-refractivity contribution is 5.99. The first-order chi connectivity index (χ1) is 16.5. The molecule has 13 heteroatoms. The minimum Gasteiger partial charge on any atom is -0.479 e. The number of carbonyl (C=O) groups excluding carboxylic acids is 4. The molecular weight excluding hydrogens is 464 g/mol. The molecule has 0 spiro atoms. The quantitative estimate of drug-likeness (QED) is 0.267. The molecule has 0 aromatic carbocycles. The molecule has 35 heavy (non-hydrogen) atoms. The number of epoxide rings is 1. The molecule has 1 fully saturated rings. The second kappa shape index (κ2) is 12.6. The molecule has 4 atom stereocenters. The number of carbonyl (C=O) groups is 4. The Bertz CT molecular complexity index is 897. The van der Waals surface area contributed by atoms with Crippen molar-refractivity contribution in [3.8, 4) is 5.88 Å². The number of hydrogen-bond acceptors (Lipinski definition) is 10. The summed E-state index contributed by atoms with van der Waals surface area (Å²) >= 11 is 0. The number of Topliss-reactive ketones (excluding diaryl/α,β-unsaturated/α-hetero) is 1. The van der Waals surface area contributed by atoms with Gasteiger partial charge < -0.3 is 39.4 Å². The van der Waals surface area contributed by atoms with E-state index < -0.39 is 41.4 Å². The second-order valence-electron chi connectivity index (χ2n) is 8.81. The number of ketones is 1. The number of nitrogens with one attached hydrogen (secondary N) is 3. The van der Waals surface area contributed by atoms with Crippen LogP contribution in [0.2, 0.25) is 0 Å². The van der Waals surface area contributed by atoms with Gasteiger partial charge in [-0.2, -0.15) is 0 Å². The number of amides is 3. The van der Waals surface area contributed by atoms with E-state index in [1.54, 1.807) is 6.92 Å². The van der Waals surface area contributed by atoms with Gasteiger partial charge in [-0.25, -0.2) is 0 Å². The number of methoxy groups -OCH3 is 3. The van der Waals surface area contributed by atoms with E-state index >= 15 is 0 Å². The molecule has 0 saturated carbocycles. The molecule has 1 aliphatic heterocycles. The first-order valence-electron chi connectivity index (χ1n) is 11.1. The molecule has 0 unspecified atom stereocenters. The predicted octanol–water partition coefficient (Wildman–Crippen LogP) is -0.552. The van der Waals surface area contributed by atoms with Crippen LogP contribution in [0.15, 0.2) is 10.6 Å². The summed E-state index contributed by atoms with van der Waals surface area (Å²) in [6.07, 6.45) is 0.403. The average molecular weight is 499 g/mol. The van der Waals surface area contributed by atoms with Gasteiger partial charge in [0, 0.05) is 14.2 Å². The lowest BCUT2D eigenvalue weighted by molar-refractivity contribution is -0.134. The van der Waals surface area contributed by atoms with Gasteiger partial charge in [-0.1, -0.05) is 13.8 Å². The van der Waals surface area contributed by atoms with Crippen molar-refractivity contribution in [3.63, 3.8) is 0 Å². The highest BCUT2D eigenvalue weighted by atomic mass is 16.6. The Hall–Kier alpha value is -3.03. The zero-order valence-electron chi connectivity index (χ0n) is 20.8. The summed E-state index contributed by atoms with van der Waals surface area (Å²) in [5.74, 6) is -2.22. The maximum atomic E-state index is 13.0. The first kappa shape index (κ1) is 28.2. The maximum absolute atomic E-state index is 13.0. The van der Waals surface area contributed by atoms with E-state index in [0.29, 0.717) is 13.0 Å². The van der Waals surface area contributed by atoms with Crippen LogP contribution in [0.3, 0.4) is 0 Å². The van der Waals surface area contributed by atoms with E-state index in [9.17, 15) is 19.2 Å². The smallest absolute Gasteiger partial charge is 0.290 e. The van der Waals surface area contributed by atoms with Crippen LogP contribution in [0.5, 0.6) is 5.88 Å². The van der Waals surface area contributed by atoms with Gasteiger partial charge in [-0.15, -0.1) is 0 Å². The van der Waals surface area contributed by atoms with Crippen molar-refractivity contribution in [1.82, 2.24) is 21.1 Å². The number of hydrogen-bond donors (Lipinski definition) is 3. The number of rotatable bonds is 15. The van der Waals surface area contributed by atoms with Gasteiger partial charge in [0.05, 0.1) is 39.0 Å². The summed E-state index contributed by atoms with van der Waals surface area (Å²) in [5.41, 5.74) is -0.913. The predicted molar refractivity (Wildman–Crippen MR) is 121 cm³/mol. The Morgan fingerprint density at radius 1 is 1.00 bits per heavy atom. The maximum Gasteiger partial charge on any atom is 0.290 e. The third-order valence-electron chi connectivity index (χ3n) is 5.28. The summed E-state index contributed by atoms with van der Waals surface area (Å²) in [6.45, 7) is 5.47. The fourth-order valence-corrected chi connectivity index (χ4v) is 3.26. The molecule has 0 radical (unpaired) electrons. The monoisotopic (exact) mass is 498 g/mol. The van der Waals surface area contributed by atoms with E-state index in [1.165, 1.54) is 27.4 Å². The molecule has 1 aromatic heterocycles. The number of aromatic nitrogens is 1. The molecule has 196 valence electrons. The van der Waals surface area contributed by atoms with E-state index in [0.717, 1.165) is 0 Å². The zero-order chi connectivity index (χ0) is 26.2. The van der Waals surface area contributed by atoms with E-state index in [1.807, 2.05) is 13.8 Å². The van der Waals surface area contributed by atoms with Crippen LogP contribution in [0, 0.1) is 5.92 Å². The summed E-state index contributed by atoms with van der Waals surface area (Å²) < 4.78 is 25.1. The largest absolute Gasteiger partial charge is 0.479 e. The summed E-state index contributed by atoms with van der Waals surface area (Å²) in [6, 6.07) is -1.83. The van der Waals surface area contributed by atoms with E-state index in [4.69, 9.17) is 23.5 Å². The van der Waals surface area contributed by atoms with Crippen LogP contribution < -0.4 is 20.7 Å². The molecule has 1 saturated heterocycles. The summed E-state index contributed by atoms with van der Waals surface area (Å²) in [7, 11) is 4.08. The van der Waals surface area contributed by atoms with Crippen molar-refractivity contribution >= 4 is 23.5 Å². The lowest BCUT2D eigenvalue weighted by Crippen LogP contribution is -2.58. The first-order valence-corrected chi connectivity index (χ1v) is 11.1. The van der Waals surface area contributed by atoms with E-state index in [2.05, 4.69) is 21.1 Å². The normalized spacial score (nSPS) is 19.4. The summed E-state index contributed by atoms with van der Waals surface area (Å²) in [5, 5.41) is 11.3. The molecule has 0 aliphatic carbocycles. The Balaban J connectivity index is 2.08. The molecule has 2 rings (SSSR count). The molecule has 0 bridgehead atoms. The van der Waals surface area contributed by atoms with Crippen LogP contribution in [-0.2, 0) is 28.6 Å². The lowest BCUT2D eigenvalue weighted by atomic mass is 9.93. The Labute approximate surface area is 203 Å². The van der Waals surface area contributed by atoms with Gasteiger partial charge in [0.2, 0.25) is 17.6 Å². The topological polar surface area (TPSA) is 171 Å². The average Bonchev–Trinajstić information content (AvgIpc) is 3.37. The SMILES string of the molecule is COC[C@H](NC(=O)c1cc(OC)no1)C(=O)N[C@@H](COC)C(=O)N[C@@H](CC(C)C)C(=O)[C@@]1(C)CO1. The van der Waals surface area contributed by atoms with Crippen molar-refractivity contribution in [2.75, 3.05) is 41.2 Å². The fourth-order valence-electron chi connectivity index (χ4n) is 3.26. The Kier molecular flexibility index (Phi) is 10.2. The van der Waals surface area contributed by atoms with Crippen molar-refractivity contribution in [1.29, 1.82) is 0 Å². The molecular formula is C22H34N4O9. The highest BCUT2D eigenvalue weighted by Crippen LogP contribution is 2.29. The van der Waals surface area contributed by atoms with Crippen molar-refractivity contribution < 1.29 is 42.6 Å². The minimum absolute atomic E-state index is 0.0932. The molecule has 13 nitrogen and oxygen atoms in total. The van der Waals surface area contributed by atoms with Crippen molar-refractivity contribution in [2.45, 2.75) is 50.9 Å². The molecule has 3 amide bonds. The number of ether oxygens (including phenoxy) is 4. The third-order valence-corrected chi connectivity index (χ3v) is 5.28. The van der Waals surface area contributed by atoms with Crippen LogP contribution in [0.4, 0.5) is 0 Å². The van der Waals surface area contributed by atoms with Gasteiger partial charge >= 0.3 is 0 Å². The molecule has 1 aromatic rings. The fraction of sp³-hybridized carbons (Fsp3) is 0.682. The van der Waals surface area contributed by atoms with Crippen molar-refractivity contribution in [2.24, 2.45) is 5.92 Å². The highest BCUT2D eigenvalue weighted by Gasteiger charge is 2.50. The van der Waals surface area contributed by atoms with Crippen LogP contribution in [-0.4, -0.2) is 93.5 Å². The zero-order valence-corrected chi connectivity index (χ0v) is 20.8. The van der Waals surface area contributed by atoms with Crippen molar-refractivity contribution in [3.05, 3.63) is 11.8 Å². The van der Waals surface area contributed by atoms with Gasteiger partial charge in [0.1, 0.15) is 17.7 Å². The Morgan fingerprint density at radius 3 is 2.00 bits per heavy atom. The molecule has 3 N–H and O–H groups in total. The standard InChI is InChI=1S/C22H34N4O9/c1-12(2)7-13(18(27)22(3)11-34-22)23-19(28)14(9-31-4)24-20(29)15(10-32-5)25-21(30)16-8-17(33-6)26-35-16/h8,12-15H,7,9-11H2,1-6H3,(H,23,28)(H,24,29)(H,25,30)/t13-,14-,15-,22+/m0/s1. The van der Waals surface area contributed by atoms with Crippen LogP contribution in [0.1, 0.15) is 37.7 Å². The van der Waals surface area contributed by atoms with Gasteiger partial charge in [0.25, 0.3) is 11.8 Å². The second-order valence-corrected chi connectivity index (χ2v) is 8.81. The van der Waals surface area contributed by atoms with Gasteiger partial charge in [0.15, 0.2) is 5.78 Å². The lowest BCUT2D eigenvalue weighted by Gasteiger charge is -2.26. The van der Waals surface area contributed by atoms with Gasteiger partial charge in [-0.05, 0) is 24.4 Å². The molecule has 2 heterocycles. The van der Waals surface area contributed by atoms with Crippen LogP contribution in [0.25, 0.3) is 0 Å². The summed E-state index contributed by atoms with van der Waals surface area (Å²) in [4.78, 5) is 51.2. The van der Waals surface area contributed by atoms with E-state index in [-0.39, 0.29) is 36.6 Å². The third kappa shape index (κ3) is 8.01. The molecule has 1 aliphatic rings. The minimum atomic E-state index is -1.16. The Morgan fingerprint density at radius 2 is 1.54 bits per heavy atom. The van der Waals surface area contributed by atoms with Crippen LogP contribution >= 0.6 is 0 Å². The van der Waals surface area contributed by atoms with Gasteiger partial charge in [-0.3, -0.25) is 19.2 Å².